The zero-order chi connectivity index (χ0) is 18.6. The molecule has 2 aromatic heterocycles. The van der Waals surface area contributed by atoms with Gasteiger partial charge in [0.25, 0.3) is 0 Å². The van der Waals surface area contributed by atoms with Crippen LogP contribution in [0.5, 0.6) is 0 Å². The highest BCUT2D eigenvalue weighted by Gasteiger charge is 2.14. The standard InChI is InChI=1S/C20H19N5OS/c1-14-23-24-19-20(22-16-9-5-6-10-17(16)25(14)19)27-13-18(26)21-12-11-15-7-3-2-4-8-15/h2-10H,11-13H2,1H3,(H,21,26). The summed E-state index contributed by atoms with van der Waals surface area (Å²) in [5, 5.41) is 12.1. The van der Waals surface area contributed by atoms with Crippen molar-refractivity contribution in [3.8, 4) is 0 Å². The minimum atomic E-state index is -0.0136. The third-order valence-electron chi connectivity index (χ3n) is 4.28. The average Bonchev–Trinajstić information content (AvgIpc) is 3.09. The summed E-state index contributed by atoms with van der Waals surface area (Å²) in [5.41, 5.74) is 3.72. The molecular weight excluding hydrogens is 358 g/mol. The van der Waals surface area contributed by atoms with Gasteiger partial charge in [0, 0.05) is 6.54 Å². The summed E-state index contributed by atoms with van der Waals surface area (Å²) in [6, 6.07) is 18.0. The lowest BCUT2D eigenvalue weighted by molar-refractivity contribution is -0.118. The Balaban J connectivity index is 1.44. The number of fused-ring (bicyclic) bond motifs is 3. The largest absolute Gasteiger partial charge is 0.355 e. The van der Waals surface area contributed by atoms with Gasteiger partial charge in [-0.05, 0) is 31.0 Å². The first-order valence-corrected chi connectivity index (χ1v) is 9.75. The van der Waals surface area contributed by atoms with Crippen molar-refractivity contribution in [2.75, 3.05) is 12.3 Å². The Hall–Kier alpha value is -2.93. The lowest BCUT2D eigenvalue weighted by Gasteiger charge is -2.08. The van der Waals surface area contributed by atoms with Gasteiger partial charge in [0.05, 0.1) is 16.8 Å². The number of amides is 1. The highest BCUT2D eigenvalue weighted by atomic mass is 32.2. The van der Waals surface area contributed by atoms with Crippen LogP contribution in [0.15, 0.2) is 59.6 Å². The lowest BCUT2D eigenvalue weighted by atomic mass is 10.1. The van der Waals surface area contributed by atoms with E-state index in [2.05, 4.69) is 32.6 Å². The number of thioether (sulfide) groups is 1. The molecule has 0 aliphatic heterocycles. The number of benzene rings is 2. The second-order valence-electron chi connectivity index (χ2n) is 6.19. The number of hydrogen-bond acceptors (Lipinski definition) is 5. The van der Waals surface area contributed by atoms with E-state index in [1.165, 1.54) is 17.3 Å². The maximum Gasteiger partial charge on any atom is 0.230 e. The molecule has 4 rings (SSSR count). The molecule has 4 aromatic rings. The molecule has 0 radical (unpaired) electrons. The Morgan fingerprint density at radius 2 is 1.85 bits per heavy atom. The second-order valence-corrected chi connectivity index (χ2v) is 7.15. The summed E-state index contributed by atoms with van der Waals surface area (Å²) >= 11 is 1.39. The first kappa shape index (κ1) is 17.5. The third kappa shape index (κ3) is 3.78. The molecule has 0 saturated carbocycles. The number of rotatable bonds is 6. The van der Waals surface area contributed by atoms with Gasteiger partial charge in [-0.1, -0.05) is 54.2 Å². The minimum absolute atomic E-state index is 0.0136. The molecule has 2 heterocycles. The summed E-state index contributed by atoms with van der Waals surface area (Å²) in [7, 11) is 0. The van der Waals surface area contributed by atoms with Crippen LogP contribution in [0.1, 0.15) is 11.4 Å². The maximum atomic E-state index is 12.2. The number of carbonyl (C=O) groups excluding carboxylic acids is 1. The zero-order valence-electron chi connectivity index (χ0n) is 14.9. The average molecular weight is 377 g/mol. The molecule has 0 saturated heterocycles. The molecule has 7 heteroatoms. The number of nitrogens with one attached hydrogen (secondary N) is 1. The summed E-state index contributed by atoms with van der Waals surface area (Å²) in [6.07, 6.45) is 0.819. The van der Waals surface area contributed by atoms with Gasteiger partial charge in [0.15, 0.2) is 5.65 Å². The van der Waals surface area contributed by atoms with Gasteiger partial charge in [-0.3, -0.25) is 9.20 Å². The van der Waals surface area contributed by atoms with Gasteiger partial charge in [-0.2, -0.15) is 0 Å². The predicted octanol–water partition coefficient (Wildman–Crippen LogP) is 3.04. The normalized spacial score (nSPS) is 11.1. The van der Waals surface area contributed by atoms with Crippen LogP contribution in [0, 0.1) is 6.92 Å². The predicted molar refractivity (Wildman–Crippen MR) is 107 cm³/mol. The number of para-hydroxylation sites is 2. The number of aromatic nitrogens is 4. The van der Waals surface area contributed by atoms with E-state index in [1.807, 2.05) is 53.8 Å². The van der Waals surface area contributed by atoms with Crippen LogP contribution in [-0.4, -0.2) is 37.8 Å². The summed E-state index contributed by atoms with van der Waals surface area (Å²) in [5.74, 6) is 1.08. The number of carbonyl (C=O) groups is 1. The molecule has 1 amide bonds. The van der Waals surface area contributed by atoms with Crippen LogP contribution < -0.4 is 5.32 Å². The molecular formula is C20H19N5OS. The van der Waals surface area contributed by atoms with E-state index in [0.29, 0.717) is 23.0 Å². The molecule has 0 unspecified atom stereocenters. The molecule has 0 aliphatic rings. The summed E-state index contributed by atoms with van der Waals surface area (Å²) in [4.78, 5) is 16.9. The third-order valence-corrected chi connectivity index (χ3v) is 5.23. The summed E-state index contributed by atoms with van der Waals surface area (Å²) in [6.45, 7) is 2.53. The Morgan fingerprint density at radius 3 is 2.70 bits per heavy atom. The molecule has 0 fully saturated rings. The fourth-order valence-electron chi connectivity index (χ4n) is 2.97. The van der Waals surface area contributed by atoms with Gasteiger partial charge in [0.1, 0.15) is 10.9 Å². The van der Waals surface area contributed by atoms with Crippen molar-refractivity contribution in [2.45, 2.75) is 18.4 Å². The highest BCUT2D eigenvalue weighted by molar-refractivity contribution is 8.00. The fourth-order valence-corrected chi connectivity index (χ4v) is 3.76. The minimum Gasteiger partial charge on any atom is -0.355 e. The maximum absolute atomic E-state index is 12.2. The number of aryl methyl sites for hydroxylation is 1. The van der Waals surface area contributed by atoms with Crippen molar-refractivity contribution < 1.29 is 4.79 Å². The van der Waals surface area contributed by atoms with Crippen molar-refractivity contribution in [3.63, 3.8) is 0 Å². The molecule has 1 N–H and O–H groups in total. The SMILES string of the molecule is Cc1nnc2c(SCC(=O)NCCc3ccccc3)nc3ccccc3n12. The lowest BCUT2D eigenvalue weighted by Crippen LogP contribution is -2.27. The van der Waals surface area contributed by atoms with E-state index in [0.717, 1.165) is 23.3 Å². The van der Waals surface area contributed by atoms with Crippen molar-refractivity contribution in [3.05, 3.63) is 66.0 Å². The first-order valence-electron chi connectivity index (χ1n) is 8.76. The van der Waals surface area contributed by atoms with Crippen molar-refractivity contribution >= 4 is 34.3 Å². The number of hydrogen-bond donors (Lipinski definition) is 1. The van der Waals surface area contributed by atoms with Crippen molar-refractivity contribution in [1.29, 1.82) is 0 Å². The molecule has 6 nitrogen and oxygen atoms in total. The summed E-state index contributed by atoms with van der Waals surface area (Å²) < 4.78 is 1.98. The monoisotopic (exact) mass is 377 g/mol. The number of nitrogens with zero attached hydrogens (tertiary/aromatic N) is 4. The molecule has 27 heavy (non-hydrogen) atoms. The Bertz CT molecular complexity index is 1090. The van der Waals surface area contributed by atoms with Crippen LogP contribution in [0.25, 0.3) is 16.7 Å². The van der Waals surface area contributed by atoms with Crippen LogP contribution in [0.2, 0.25) is 0 Å². The van der Waals surface area contributed by atoms with E-state index in [4.69, 9.17) is 0 Å². The molecule has 0 aliphatic carbocycles. The van der Waals surface area contributed by atoms with Crippen LogP contribution in [-0.2, 0) is 11.2 Å². The topological polar surface area (TPSA) is 72.2 Å². The van der Waals surface area contributed by atoms with Crippen LogP contribution in [0.3, 0.4) is 0 Å². The fraction of sp³-hybridized carbons (Fsp3) is 0.200. The first-order chi connectivity index (χ1) is 13.2. The smallest absolute Gasteiger partial charge is 0.230 e. The van der Waals surface area contributed by atoms with E-state index < -0.39 is 0 Å². The van der Waals surface area contributed by atoms with E-state index in [1.54, 1.807) is 0 Å². The van der Waals surface area contributed by atoms with Gasteiger partial charge < -0.3 is 5.32 Å². The molecule has 136 valence electrons. The van der Waals surface area contributed by atoms with E-state index in [9.17, 15) is 4.79 Å². The zero-order valence-corrected chi connectivity index (χ0v) is 15.7. The Kier molecular flexibility index (Phi) is 5.02. The molecule has 0 bridgehead atoms. The van der Waals surface area contributed by atoms with Crippen LogP contribution >= 0.6 is 11.8 Å². The quantitative estimate of drug-likeness (QED) is 0.523. The second kappa shape index (κ2) is 7.75. The van der Waals surface area contributed by atoms with Gasteiger partial charge in [-0.25, -0.2) is 4.98 Å². The molecule has 0 spiro atoms. The van der Waals surface area contributed by atoms with Crippen molar-refractivity contribution in [2.24, 2.45) is 0 Å². The highest BCUT2D eigenvalue weighted by Crippen LogP contribution is 2.25. The van der Waals surface area contributed by atoms with Crippen LogP contribution in [0.4, 0.5) is 0 Å². The van der Waals surface area contributed by atoms with E-state index in [-0.39, 0.29) is 5.91 Å². The Labute approximate surface area is 161 Å². The van der Waals surface area contributed by atoms with E-state index >= 15 is 0 Å². The Morgan fingerprint density at radius 1 is 1.07 bits per heavy atom. The van der Waals surface area contributed by atoms with Gasteiger partial charge in [0.2, 0.25) is 5.91 Å². The van der Waals surface area contributed by atoms with Crippen molar-refractivity contribution in [1.82, 2.24) is 24.9 Å². The molecule has 2 aromatic carbocycles. The van der Waals surface area contributed by atoms with Gasteiger partial charge in [-0.15, -0.1) is 10.2 Å². The van der Waals surface area contributed by atoms with Gasteiger partial charge >= 0.3 is 0 Å². The molecule has 0 atom stereocenters.